The molecule has 0 aliphatic rings. The van der Waals surface area contributed by atoms with Crippen molar-refractivity contribution in [1.29, 1.82) is 0 Å². The van der Waals surface area contributed by atoms with E-state index in [1.807, 2.05) is 31.2 Å². The lowest BCUT2D eigenvalue weighted by Gasteiger charge is -2.19. The third kappa shape index (κ3) is 3.46. The molecule has 2 rings (SSSR count). The molecule has 112 valence electrons. The van der Waals surface area contributed by atoms with Crippen LogP contribution in [0.5, 0.6) is 0 Å². The second-order valence-corrected chi connectivity index (χ2v) is 7.21. The van der Waals surface area contributed by atoms with Gasteiger partial charge in [0, 0.05) is 19.5 Å². The van der Waals surface area contributed by atoms with Crippen LogP contribution >= 0.6 is 11.6 Å². The van der Waals surface area contributed by atoms with Crippen LogP contribution in [0, 0.1) is 6.92 Å². The number of rotatable bonds is 5. The summed E-state index contributed by atoms with van der Waals surface area (Å²) in [7, 11) is -1.96. The fourth-order valence-electron chi connectivity index (χ4n) is 2.15. The Morgan fingerprint density at radius 2 is 1.57 bits per heavy atom. The minimum Gasteiger partial charge on any atom is -0.207 e. The molecule has 0 bridgehead atoms. The van der Waals surface area contributed by atoms with Crippen LogP contribution in [0.1, 0.15) is 16.7 Å². The molecule has 0 heterocycles. The van der Waals surface area contributed by atoms with Gasteiger partial charge in [-0.25, -0.2) is 8.42 Å². The third-order valence-electron chi connectivity index (χ3n) is 3.46. The quantitative estimate of drug-likeness (QED) is 0.789. The molecule has 0 N–H and O–H groups in total. The van der Waals surface area contributed by atoms with E-state index in [-0.39, 0.29) is 10.8 Å². The maximum absolute atomic E-state index is 12.7. The second-order valence-electron chi connectivity index (χ2n) is 4.93. The summed E-state index contributed by atoms with van der Waals surface area (Å²) in [5.74, 6) is 0.174. The zero-order chi connectivity index (χ0) is 15.5. The molecule has 2 aromatic rings. The van der Waals surface area contributed by atoms with E-state index in [0.29, 0.717) is 12.1 Å². The van der Waals surface area contributed by atoms with Gasteiger partial charge in [0.2, 0.25) is 10.0 Å². The SMILES string of the molecule is Cc1ccccc1CN(C)S(=O)(=O)c1ccccc1CCl. The van der Waals surface area contributed by atoms with Gasteiger partial charge in [-0.15, -0.1) is 11.6 Å². The highest BCUT2D eigenvalue weighted by molar-refractivity contribution is 7.89. The number of hydrogen-bond donors (Lipinski definition) is 0. The molecule has 2 aromatic carbocycles. The highest BCUT2D eigenvalue weighted by Gasteiger charge is 2.23. The Balaban J connectivity index is 2.33. The summed E-state index contributed by atoms with van der Waals surface area (Å²) >= 11 is 5.85. The maximum Gasteiger partial charge on any atom is 0.243 e. The monoisotopic (exact) mass is 323 g/mol. The zero-order valence-electron chi connectivity index (χ0n) is 12.1. The number of nitrogens with zero attached hydrogens (tertiary/aromatic N) is 1. The number of halogens is 1. The first-order chi connectivity index (χ1) is 9.96. The Kier molecular flexibility index (Phi) is 5.04. The fraction of sp³-hybridized carbons (Fsp3) is 0.250. The minimum absolute atomic E-state index is 0.174. The first-order valence-corrected chi connectivity index (χ1v) is 8.59. The van der Waals surface area contributed by atoms with Crippen molar-refractivity contribution in [3.05, 3.63) is 65.2 Å². The molecule has 0 aromatic heterocycles. The summed E-state index contributed by atoms with van der Waals surface area (Å²) in [6, 6.07) is 14.6. The molecule has 3 nitrogen and oxygen atoms in total. The molecule has 0 unspecified atom stereocenters. The Labute approximate surface area is 131 Å². The number of aryl methyl sites for hydroxylation is 1. The van der Waals surface area contributed by atoms with Crippen molar-refractivity contribution in [2.45, 2.75) is 24.2 Å². The Morgan fingerprint density at radius 3 is 2.19 bits per heavy atom. The van der Waals surface area contributed by atoms with E-state index in [1.54, 1.807) is 31.3 Å². The topological polar surface area (TPSA) is 37.4 Å². The van der Waals surface area contributed by atoms with E-state index in [2.05, 4.69) is 0 Å². The van der Waals surface area contributed by atoms with Crippen molar-refractivity contribution < 1.29 is 8.42 Å². The van der Waals surface area contributed by atoms with Gasteiger partial charge in [-0.1, -0.05) is 42.5 Å². The van der Waals surface area contributed by atoms with E-state index < -0.39 is 10.0 Å². The molecule has 5 heteroatoms. The average Bonchev–Trinajstić information content (AvgIpc) is 2.49. The van der Waals surface area contributed by atoms with Gasteiger partial charge in [0.15, 0.2) is 0 Å². The lowest BCUT2D eigenvalue weighted by atomic mass is 10.1. The van der Waals surface area contributed by atoms with Crippen LogP contribution in [-0.4, -0.2) is 19.8 Å². The molecular formula is C16H18ClNO2S. The van der Waals surface area contributed by atoms with E-state index in [1.165, 1.54) is 4.31 Å². The zero-order valence-corrected chi connectivity index (χ0v) is 13.7. The van der Waals surface area contributed by atoms with Crippen LogP contribution < -0.4 is 0 Å². The molecule has 0 atom stereocenters. The van der Waals surface area contributed by atoms with E-state index in [4.69, 9.17) is 11.6 Å². The van der Waals surface area contributed by atoms with Crippen LogP contribution in [-0.2, 0) is 22.4 Å². The van der Waals surface area contributed by atoms with Crippen LogP contribution in [0.2, 0.25) is 0 Å². The average molecular weight is 324 g/mol. The molecule has 0 spiro atoms. The van der Waals surface area contributed by atoms with Gasteiger partial charge in [-0.2, -0.15) is 4.31 Å². The molecule has 0 amide bonds. The molecule has 0 radical (unpaired) electrons. The van der Waals surface area contributed by atoms with E-state index in [0.717, 1.165) is 11.1 Å². The second kappa shape index (κ2) is 6.60. The summed E-state index contributed by atoms with van der Waals surface area (Å²) < 4.78 is 26.8. The Morgan fingerprint density at radius 1 is 1.00 bits per heavy atom. The highest BCUT2D eigenvalue weighted by Crippen LogP contribution is 2.22. The lowest BCUT2D eigenvalue weighted by molar-refractivity contribution is 0.465. The van der Waals surface area contributed by atoms with Crippen LogP contribution in [0.4, 0.5) is 0 Å². The Hall–Kier alpha value is -1.36. The largest absolute Gasteiger partial charge is 0.243 e. The number of benzene rings is 2. The lowest BCUT2D eigenvalue weighted by Crippen LogP contribution is -2.27. The molecule has 0 saturated heterocycles. The number of hydrogen-bond acceptors (Lipinski definition) is 2. The Bertz CT molecular complexity index is 729. The predicted molar refractivity (Wildman–Crippen MR) is 85.8 cm³/mol. The first kappa shape index (κ1) is 16.0. The van der Waals surface area contributed by atoms with Gasteiger partial charge >= 0.3 is 0 Å². The first-order valence-electron chi connectivity index (χ1n) is 6.61. The highest BCUT2D eigenvalue weighted by atomic mass is 35.5. The van der Waals surface area contributed by atoms with Gasteiger partial charge < -0.3 is 0 Å². The summed E-state index contributed by atoms with van der Waals surface area (Å²) in [4.78, 5) is 0.274. The molecule has 21 heavy (non-hydrogen) atoms. The van der Waals surface area contributed by atoms with Crippen LogP contribution in [0.3, 0.4) is 0 Å². The van der Waals surface area contributed by atoms with Crippen molar-refractivity contribution in [2.75, 3.05) is 7.05 Å². The maximum atomic E-state index is 12.7. The smallest absolute Gasteiger partial charge is 0.207 e. The summed E-state index contributed by atoms with van der Waals surface area (Å²) in [5.41, 5.74) is 2.69. The third-order valence-corrected chi connectivity index (χ3v) is 5.65. The van der Waals surface area contributed by atoms with Gasteiger partial charge in [0.1, 0.15) is 0 Å². The normalized spacial score (nSPS) is 11.8. The van der Waals surface area contributed by atoms with Crippen LogP contribution in [0.25, 0.3) is 0 Å². The van der Waals surface area contributed by atoms with Gasteiger partial charge in [-0.05, 0) is 29.7 Å². The fourth-order valence-corrected chi connectivity index (χ4v) is 3.83. The van der Waals surface area contributed by atoms with Crippen molar-refractivity contribution in [3.8, 4) is 0 Å². The minimum atomic E-state index is -3.55. The summed E-state index contributed by atoms with van der Waals surface area (Å²) in [6.07, 6.45) is 0. The molecule has 0 aliphatic carbocycles. The predicted octanol–water partition coefficient (Wildman–Crippen LogP) is 3.55. The molecule has 0 fully saturated rings. The van der Waals surface area contributed by atoms with E-state index in [9.17, 15) is 8.42 Å². The molecule has 0 aliphatic heterocycles. The van der Waals surface area contributed by atoms with Crippen LogP contribution in [0.15, 0.2) is 53.4 Å². The van der Waals surface area contributed by atoms with Crippen molar-refractivity contribution in [2.24, 2.45) is 0 Å². The molecular weight excluding hydrogens is 306 g/mol. The van der Waals surface area contributed by atoms with Gasteiger partial charge in [0.05, 0.1) is 4.90 Å². The summed E-state index contributed by atoms with van der Waals surface area (Å²) in [5, 5.41) is 0. The molecule has 0 saturated carbocycles. The van der Waals surface area contributed by atoms with E-state index >= 15 is 0 Å². The van der Waals surface area contributed by atoms with Crippen molar-refractivity contribution in [3.63, 3.8) is 0 Å². The summed E-state index contributed by atoms with van der Waals surface area (Å²) in [6.45, 7) is 2.31. The standard InChI is InChI=1S/C16H18ClNO2S/c1-13-7-3-4-9-15(13)12-18(2)21(19,20)16-10-6-5-8-14(16)11-17/h3-10H,11-12H2,1-2H3. The van der Waals surface area contributed by atoms with Crippen molar-refractivity contribution >= 4 is 21.6 Å². The number of sulfonamides is 1. The number of alkyl halides is 1. The van der Waals surface area contributed by atoms with Gasteiger partial charge in [-0.3, -0.25) is 0 Å². The van der Waals surface area contributed by atoms with Gasteiger partial charge in [0.25, 0.3) is 0 Å². The van der Waals surface area contributed by atoms with Crippen molar-refractivity contribution in [1.82, 2.24) is 4.31 Å².